The van der Waals surface area contributed by atoms with Crippen molar-refractivity contribution in [3.8, 4) is 11.3 Å². The average Bonchev–Trinajstić information content (AvgIpc) is 2.61. The van der Waals surface area contributed by atoms with Gasteiger partial charge < -0.3 is 0 Å². The molecule has 2 rings (SSSR count). The van der Waals surface area contributed by atoms with E-state index >= 15 is 0 Å². The Labute approximate surface area is 92.3 Å². The van der Waals surface area contributed by atoms with Crippen molar-refractivity contribution in [3.05, 3.63) is 40.7 Å². The van der Waals surface area contributed by atoms with Crippen molar-refractivity contribution in [2.75, 3.05) is 0 Å². The summed E-state index contributed by atoms with van der Waals surface area (Å²) in [7, 11) is 0. The first kappa shape index (κ1) is 10.1. The van der Waals surface area contributed by atoms with E-state index in [1.807, 2.05) is 44.2 Å². The Morgan fingerprint density at radius 1 is 1.27 bits per heavy atom. The van der Waals surface area contributed by atoms with E-state index in [1.165, 1.54) is 11.7 Å². The molecule has 0 saturated carbocycles. The average molecular weight is 220 g/mol. The summed E-state index contributed by atoms with van der Waals surface area (Å²) in [5.74, 6) is 0. The number of hydrogen-bond acceptors (Lipinski definition) is 3. The van der Waals surface area contributed by atoms with Crippen LogP contribution >= 0.6 is 11.7 Å². The fraction of sp³-hybridized carbons (Fsp3) is 0.273. The SMILES string of the molecule is CC(C)n1snc(-c2ccccc2)c1=O. The molecular formula is C11H12N2OS. The van der Waals surface area contributed by atoms with Gasteiger partial charge >= 0.3 is 0 Å². The molecule has 15 heavy (non-hydrogen) atoms. The zero-order valence-corrected chi connectivity index (χ0v) is 9.49. The van der Waals surface area contributed by atoms with Crippen molar-refractivity contribution in [1.29, 1.82) is 0 Å². The highest BCUT2D eigenvalue weighted by Gasteiger charge is 2.12. The largest absolute Gasteiger partial charge is 0.288 e. The van der Waals surface area contributed by atoms with Crippen LogP contribution in [-0.2, 0) is 0 Å². The molecule has 0 atom stereocenters. The third kappa shape index (κ3) is 1.85. The van der Waals surface area contributed by atoms with Crippen molar-refractivity contribution < 1.29 is 0 Å². The zero-order chi connectivity index (χ0) is 10.8. The molecule has 78 valence electrons. The minimum atomic E-state index is 0.00111. The predicted molar refractivity (Wildman–Crippen MR) is 62.2 cm³/mol. The quantitative estimate of drug-likeness (QED) is 0.779. The van der Waals surface area contributed by atoms with Crippen LogP contribution in [0.1, 0.15) is 19.9 Å². The summed E-state index contributed by atoms with van der Waals surface area (Å²) in [6.45, 7) is 3.96. The molecule has 1 aromatic carbocycles. The smallest absolute Gasteiger partial charge is 0.266 e. The molecule has 0 saturated heterocycles. The van der Waals surface area contributed by atoms with Crippen LogP contribution in [0.15, 0.2) is 35.1 Å². The fourth-order valence-corrected chi connectivity index (χ4v) is 2.07. The molecule has 0 unspecified atom stereocenters. The topological polar surface area (TPSA) is 34.9 Å². The molecule has 0 aliphatic heterocycles. The van der Waals surface area contributed by atoms with Gasteiger partial charge in [-0.1, -0.05) is 30.3 Å². The molecule has 0 N–H and O–H groups in total. The third-order valence-corrected chi connectivity index (χ3v) is 3.17. The monoisotopic (exact) mass is 220 g/mol. The lowest BCUT2D eigenvalue weighted by Crippen LogP contribution is -2.16. The highest BCUT2D eigenvalue weighted by atomic mass is 32.1. The summed E-state index contributed by atoms with van der Waals surface area (Å²) in [5, 5.41) is 0. The number of rotatable bonds is 2. The van der Waals surface area contributed by atoms with Gasteiger partial charge in [0.15, 0.2) is 5.69 Å². The first-order valence-corrected chi connectivity index (χ1v) is 5.57. The molecule has 0 bridgehead atoms. The number of nitrogens with zero attached hydrogens (tertiary/aromatic N) is 2. The molecule has 4 heteroatoms. The molecular weight excluding hydrogens is 208 g/mol. The van der Waals surface area contributed by atoms with Crippen LogP contribution in [0.25, 0.3) is 11.3 Å². The molecule has 0 fully saturated rings. The minimum absolute atomic E-state index is 0.00111. The highest BCUT2D eigenvalue weighted by Crippen LogP contribution is 2.15. The Morgan fingerprint density at radius 3 is 2.47 bits per heavy atom. The summed E-state index contributed by atoms with van der Waals surface area (Å²) in [5.41, 5.74) is 1.44. The Morgan fingerprint density at radius 2 is 1.93 bits per heavy atom. The molecule has 3 nitrogen and oxygen atoms in total. The van der Waals surface area contributed by atoms with E-state index in [9.17, 15) is 4.79 Å². The summed E-state index contributed by atoms with van der Waals surface area (Å²) in [4.78, 5) is 11.9. The van der Waals surface area contributed by atoms with Crippen molar-refractivity contribution in [2.24, 2.45) is 0 Å². The zero-order valence-electron chi connectivity index (χ0n) is 8.68. The second kappa shape index (κ2) is 3.98. The first-order chi connectivity index (χ1) is 7.20. The minimum Gasteiger partial charge on any atom is -0.266 e. The maximum Gasteiger partial charge on any atom is 0.288 e. The van der Waals surface area contributed by atoms with Crippen LogP contribution < -0.4 is 5.56 Å². The van der Waals surface area contributed by atoms with Crippen LogP contribution in [0.4, 0.5) is 0 Å². The summed E-state index contributed by atoms with van der Waals surface area (Å²) >= 11 is 1.23. The van der Waals surface area contributed by atoms with Gasteiger partial charge in [-0.3, -0.25) is 4.79 Å². The molecule has 1 aromatic heterocycles. The van der Waals surface area contributed by atoms with Gasteiger partial charge in [0.1, 0.15) is 0 Å². The van der Waals surface area contributed by atoms with Gasteiger partial charge in [-0.15, -0.1) is 0 Å². The Balaban J connectivity index is 2.52. The van der Waals surface area contributed by atoms with E-state index in [4.69, 9.17) is 0 Å². The Kier molecular flexibility index (Phi) is 2.68. The molecule has 0 amide bonds. The van der Waals surface area contributed by atoms with E-state index in [2.05, 4.69) is 4.37 Å². The van der Waals surface area contributed by atoms with Gasteiger partial charge in [0, 0.05) is 23.3 Å². The second-order valence-electron chi connectivity index (χ2n) is 3.61. The van der Waals surface area contributed by atoms with E-state index in [1.54, 1.807) is 3.96 Å². The summed E-state index contributed by atoms with van der Waals surface area (Å²) in [6, 6.07) is 9.73. The van der Waals surface area contributed by atoms with Gasteiger partial charge in [-0.25, -0.2) is 3.96 Å². The molecule has 0 aliphatic rings. The number of hydrogen-bond donors (Lipinski definition) is 0. The second-order valence-corrected chi connectivity index (χ2v) is 4.35. The van der Waals surface area contributed by atoms with Crippen molar-refractivity contribution in [3.63, 3.8) is 0 Å². The molecule has 1 heterocycles. The molecule has 0 aliphatic carbocycles. The maximum atomic E-state index is 11.9. The van der Waals surface area contributed by atoms with Gasteiger partial charge in [0.25, 0.3) is 5.56 Å². The highest BCUT2D eigenvalue weighted by molar-refractivity contribution is 7.00. The fourth-order valence-electron chi connectivity index (χ4n) is 1.37. The number of aromatic nitrogens is 2. The van der Waals surface area contributed by atoms with Crippen LogP contribution in [0.2, 0.25) is 0 Å². The van der Waals surface area contributed by atoms with E-state index < -0.39 is 0 Å². The van der Waals surface area contributed by atoms with Gasteiger partial charge in [-0.05, 0) is 13.8 Å². The van der Waals surface area contributed by atoms with Crippen molar-refractivity contribution in [2.45, 2.75) is 19.9 Å². The summed E-state index contributed by atoms with van der Waals surface area (Å²) < 4.78 is 5.88. The lowest BCUT2D eigenvalue weighted by Gasteiger charge is -2.00. The van der Waals surface area contributed by atoms with Gasteiger partial charge in [0.05, 0.1) is 0 Å². The van der Waals surface area contributed by atoms with Crippen LogP contribution in [-0.4, -0.2) is 8.33 Å². The lowest BCUT2D eigenvalue weighted by atomic mass is 10.2. The van der Waals surface area contributed by atoms with Crippen LogP contribution in [0.5, 0.6) is 0 Å². The molecule has 0 radical (unpaired) electrons. The molecule has 2 aromatic rings. The van der Waals surface area contributed by atoms with E-state index in [0.29, 0.717) is 5.69 Å². The Bertz CT molecular complexity index is 499. The first-order valence-electron chi connectivity index (χ1n) is 4.84. The standard InChI is InChI=1S/C11H12N2OS/c1-8(2)13-11(14)10(12-15-13)9-6-4-3-5-7-9/h3-8H,1-2H3. The molecule has 0 spiro atoms. The predicted octanol–water partition coefficient (Wildman–Crippen LogP) is 2.55. The normalized spacial score (nSPS) is 10.9. The van der Waals surface area contributed by atoms with Gasteiger partial charge in [-0.2, -0.15) is 4.37 Å². The van der Waals surface area contributed by atoms with Crippen molar-refractivity contribution >= 4 is 11.7 Å². The van der Waals surface area contributed by atoms with E-state index in [-0.39, 0.29) is 11.6 Å². The van der Waals surface area contributed by atoms with Crippen LogP contribution in [0, 0.1) is 0 Å². The lowest BCUT2D eigenvalue weighted by molar-refractivity contribution is 0.634. The maximum absolute atomic E-state index is 11.9. The van der Waals surface area contributed by atoms with Gasteiger partial charge in [0.2, 0.25) is 0 Å². The third-order valence-electron chi connectivity index (χ3n) is 2.14. The van der Waals surface area contributed by atoms with E-state index in [0.717, 1.165) is 5.56 Å². The van der Waals surface area contributed by atoms with Crippen molar-refractivity contribution in [1.82, 2.24) is 8.33 Å². The Hall–Kier alpha value is -1.42. The number of benzene rings is 1. The summed E-state index contributed by atoms with van der Waals surface area (Å²) in [6.07, 6.45) is 0. The van der Waals surface area contributed by atoms with Crippen LogP contribution in [0.3, 0.4) is 0 Å².